The normalized spacial score (nSPS) is 12.3. The largest absolute Gasteiger partial charge is 0.493 e. The Morgan fingerprint density at radius 1 is 0.971 bits per heavy atom. The van der Waals surface area contributed by atoms with Crippen molar-refractivity contribution in [3.8, 4) is 34.0 Å². The van der Waals surface area contributed by atoms with E-state index in [1.165, 1.54) is 5.56 Å². The summed E-state index contributed by atoms with van der Waals surface area (Å²) in [6.45, 7) is 3.29. The summed E-state index contributed by atoms with van der Waals surface area (Å²) in [6.07, 6.45) is 4.56. The fraction of sp³-hybridized carbons (Fsp3) is 0.179. The van der Waals surface area contributed by atoms with E-state index in [1.807, 2.05) is 36.5 Å². The molecule has 0 aliphatic carbocycles. The van der Waals surface area contributed by atoms with Crippen LogP contribution in [0.2, 0.25) is 0 Å². The monoisotopic (exact) mass is 448 g/mol. The van der Waals surface area contributed by atoms with Crippen LogP contribution in [0.5, 0.6) is 11.5 Å². The molecule has 6 rings (SSSR count). The lowest BCUT2D eigenvalue weighted by Crippen LogP contribution is -2.13. The third kappa shape index (κ3) is 3.48. The number of benzene rings is 2. The molecule has 2 aromatic carbocycles. The molecule has 0 N–H and O–H groups in total. The average Bonchev–Trinajstić information content (AvgIpc) is 3.24. The van der Waals surface area contributed by atoms with Crippen LogP contribution < -0.4 is 9.47 Å². The number of hydrogen-bond donors (Lipinski definition) is 0. The summed E-state index contributed by atoms with van der Waals surface area (Å²) in [6, 6.07) is 20.3. The molecular weight excluding hydrogens is 424 g/mol. The van der Waals surface area contributed by atoms with E-state index in [1.54, 1.807) is 13.3 Å². The second kappa shape index (κ2) is 8.30. The molecule has 0 atom stereocenters. The minimum atomic E-state index is 0.355. The Morgan fingerprint density at radius 2 is 1.88 bits per heavy atom. The smallest absolute Gasteiger partial charge is 0.162 e. The van der Waals surface area contributed by atoms with Crippen LogP contribution in [0.25, 0.3) is 33.4 Å². The van der Waals surface area contributed by atoms with Gasteiger partial charge in [0.15, 0.2) is 11.5 Å². The first-order chi connectivity index (χ1) is 16.7. The van der Waals surface area contributed by atoms with Crippen molar-refractivity contribution in [1.82, 2.24) is 19.5 Å². The molecule has 6 heteroatoms. The molecule has 0 spiro atoms. The van der Waals surface area contributed by atoms with E-state index in [2.05, 4.69) is 46.8 Å². The van der Waals surface area contributed by atoms with Crippen LogP contribution in [0.4, 0.5) is 0 Å². The van der Waals surface area contributed by atoms with Crippen LogP contribution in [0.3, 0.4) is 0 Å². The van der Waals surface area contributed by atoms with Gasteiger partial charge >= 0.3 is 0 Å². The quantitative estimate of drug-likeness (QED) is 0.350. The van der Waals surface area contributed by atoms with Crippen LogP contribution in [0.15, 0.2) is 73.1 Å². The Kier molecular flexibility index (Phi) is 4.99. The highest BCUT2D eigenvalue weighted by Gasteiger charge is 2.26. The predicted octanol–water partition coefficient (Wildman–Crippen LogP) is 5.61. The molecule has 168 valence electrons. The van der Waals surface area contributed by atoms with Gasteiger partial charge in [-0.3, -0.25) is 4.98 Å². The van der Waals surface area contributed by atoms with Crippen molar-refractivity contribution in [3.63, 3.8) is 0 Å². The summed E-state index contributed by atoms with van der Waals surface area (Å²) in [7, 11) is 1.68. The van der Waals surface area contributed by atoms with Crippen LogP contribution in [0, 0.1) is 6.92 Å². The summed E-state index contributed by atoms with van der Waals surface area (Å²) >= 11 is 0. The van der Waals surface area contributed by atoms with Gasteiger partial charge in [0.05, 0.1) is 29.7 Å². The lowest BCUT2D eigenvalue weighted by molar-refractivity contribution is 0.281. The van der Waals surface area contributed by atoms with Gasteiger partial charge in [-0.15, -0.1) is 0 Å². The van der Waals surface area contributed by atoms with E-state index in [4.69, 9.17) is 19.4 Å². The van der Waals surface area contributed by atoms with Gasteiger partial charge in [-0.2, -0.15) is 0 Å². The Balaban J connectivity index is 1.40. The number of ether oxygens (including phenoxy) is 2. The first kappa shape index (κ1) is 20.4. The van der Waals surface area contributed by atoms with Crippen LogP contribution in [-0.4, -0.2) is 26.6 Å². The summed E-state index contributed by atoms with van der Waals surface area (Å²) in [5.74, 6) is 2.42. The fourth-order valence-corrected chi connectivity index (χ4v) is 4.69. The summed E-state index contributed by atoms with van der Waals surface area (Å²) in [5.41, 5.74) is 7.23. The molecule has 0 fully saturated rings. The van der Waals surface area contributed by atoms with Gasteiger partial charge < -0.3 is 14.0 Å². The molecular formula is C28H24N4O2. The van der Waals surface area contributed by atoms with Crippen LogP contribution in [0.1, 0.15) is 17.1 Å². The number of para-hydroxylation sites is 1. The number of aromatic nitrogens is 4. The SMILES string of the molecule is COc1cc2c(cc1OCc1ccc3ccccc3n1)-c1c(-c3cccnc3)nc(C)n1CC2. The molecule has 3 aromatic heterocycles. The third-order valence-corrected chi connectivity index (χ3v) is 6.37. The van der Waals surface area contributed by atoms with Crippen LogP contribution >= 0.6 is 0 Å². The van der Waals surface area contributed by atoms with Gasteiger partial charge in [-0.05, 0) is 55.3 Å². The van der Waals surface area contributed by atoms with Gasteiger partial charge in [0.1, 0.15) is 12.4 Å². The second-order valence-electron chi connectivity index (χ2n) is 8.44. The summed E-state index contributed by atoms with van der Waals surface area (Å²) < 4.78 is 14.3. The molecule has 5 aromatic rings. The number of nitrogens with zero attached hydrogens (tertiary/aromatic N) is 4. The van der Waals surface area contributed by atoms with E-state index in [0.717, 1.165) is 63.7 Å². The molecule has 4 heterocycles. The number of hydrogen-bond acceptors (Lipinski definition) is 5. The molecule has 0 saturated heterocycles. The minimum Gasteiger partial charge on any atom is -0.493 e. The molecule has 34 heavy (non-hydrogen) atoms. The maximum atomic E-state index is 6.27. The number of rotatable bonds is 5. The van der Waals surface area contributed by atoms with E-state index in [-0.39, 0.29) is 0 Å². The van der Waals surface area contributed by atoms with Gasteiger partial charge in [-0.25, -0.2) is 9.97 Å². The standard InChI is InChI=1S/C28H24N4O2/c1-18-30-27(21-7-5-12-29-16-21)28-23-15-26(25(33-2)14-20(23)11-13-32(18)28)34-17-22-10-9-19-6-3-4-8-24(19)31-22/h3-10,12,14-16H,11,13,17H2,1-2H3. The zero-order valence-electron chi connectivity index (χ0n) is 19.2. The number of imidazole rings is 1. The molecule has 0 amide bonds. The minimum absolute atomic E-state index is 0.355. The number of aryl methyl sites for hydroxylation is 2. The third-order valence-electron chi connectivity index (χ3n) is 6.37. The molecule has 1 aliphatic rings. The molecule has 1 aliphatic heterocycles. The van der Waals surface area contributed by atoms with E-state index < -0.39 is 0 Å². The Hall–Kier alpha value is -4.19. The van der Waals surface area contributed by atoms with Gasteiger partial charge in [0, 0.05) is 35.5 Å². The average molecular weight is 449 g/mol. The van der Waals surface area contributed by atoms with Crippen molar-refractivity contribution in [3.05, 3.63) is 90.1 Å². The van der Waals surface area contributed by atoms with Gasteiger partial charge in [0.25, 0.3) is 0 Å². The first-order valence-corrected chi connectivity index (χ1v) is 11.4. The molecule has 0 saturated carbocycles. The summed E-state index contributed by atoms with van der Waals surface area (Å²) in [5, 5.41) is 1.11. The zero-order chi connectivity index (χ0) is 23.1. The number of methoxy groups -OCH3 is 1. The van der Waals surface area contributed by atoms with Crippen LogP contribution in [-0.2, 0) is 19.6 Å². The van der Waals surface area contributed by atoms with Crippen molar-refractivity contribution in [2.24, 2.45) is 0 Å². The van der Waals surface area contributed by atoms with Crippen molar-refractivity contribution >= 4 is 10.9 Å². The van der Waals surface area contributed by atoms with E-state index in [9.17, 15) is 0 Å². The molecule has 0 radical (unpaired) electrons. The second-order valence-corrected chi connectivity index (χ2v) is 8.44. The lowest BCUT2D eigenvalue weighted by Gasteiger charge is -2.23. The van der Waals surface area contributed by atoms with Crippen molar-refractivity contribution in [1.29, 1.82) is 0 Å². The van der Waals surface area contributed by atoms with E-state index in [0.29, 0.717) is 12.4 Å². The zero-order valence-corrected chi connectivity index (χ0v) is 19.2. The highest BCUT2D eigenvalue weighted by atomic mass is 16.5. The summed E-state index contributed by atoms with van der Waals surface area (Å²) in [4.78, 5) is 13.9. The molecule has 6 nitrogen and oxygen atoms in total. The Labute approximate surface area is 197 Å². The number of fused-ring (bicyclic) bond motifs is 4. The number of pyridine rings is 2. The maximum absolute atomic E-state index is 6.27. The lowest BCUT2D eigenvalue weighted by atomic mass is 9.95. The highest BCUT2D eigenvalue weighted by molar-refractivity contribution is 5.83. The first-order valence-electron chi connectivity index (χ1n) is 11.4. The van der Waals surface area contributed by atoms with Gasteiger partial charge in [-0.1, -0.05) is 24.3 Å². The van der Waals surface area contributed by atoms with Crippen molar-refractivity contribution in [2.75, 3.05) is 7.11 Å². The predicted molar refractivity (Wildman–Crippen MR) is 132 cm³/mol. The van der Waals surface area contributed by atoms with E-state index >= 15 is 0 Å². The van der Waals surface area contributed by atoms with Gasteiger partial charge in [0.2, 0.25) is 0 Å². The maximum Gasteiger partial charge on any atom is 0.162 e. The topological polar surface area (TPSA) is 62.1 Å². The Bertz CT molecular complexity index is 1510. The van der Waals surface area contributed by atoms with Crippen molar-refractivity contribution in [2.45, 2.75) is 26.5 Å². The molecule has 0 unspecified atom stereocenters. The Morgan fingerprint density at radius 3 is 2.74 bits per heavy atom. The fourth-order valence-electron chi connectivity index (χ4n) is 4.69. The highest BCUT2D eigenvalue weighted by Crippen LogP contribution is 2.43. The molecule has 0 bridgehead atoms. The van der Waals surface area contributed by atoms with Crippen molar-refractivity contribution < 1.29 is 9.47 Å².